The summed E-state index contributed by atoms with van der Waals surface area (Å²) in [5.74, 6) is 0. The molecule has 1 aliphatic carbocycles. The van der Waals surface area contributed by atoms with E-state index in [1.165, 1.54) is 18.4 Å². The third-order valence-electron chi connectivity index (χ3n) is 3.40. The highest BCUT2D eigenvalue weighted by molar-refractivity contribution is 7.07. The van der Waals surface area contributed by atoms with E-state index in [2.05, 4.69) is 45.9 Å². The largest absolute Gasteiger partial charge is 0.432 e. The van der Waals surface area contributed by atoms with Gasteiger partial charge < -0.3 is 14.6 Å². The molecule has 0 bridgehead atoms. The van der Waals surface area contributed by atoms with Crippen LogP contribution < -0.4 is 10.2 Å². The van der Waals surface area contributed by atoms with Crippen LogP contribution in [0.2, 0.25) is 0 Å². The molecule has 1 aliphatic rings. The van der Waals surface area contributed by atoms with Gasteiger partial charge in [-0.25, -0.2) is 0 Å². The number of hydrogen-bond donors (Lipinski definition) is 1. The zero-order chi connectivity index (χ0) is 13.9. The maximum Gasteiger partial charge on any atom is 0.298 e. The van der Waals surface area contributed by atoms with Crippen LogP contribution in [0.5, 0.6) is 0 Å². The summed E-state index contributed by atoms with van der Waals surface area (Å²) in [6, 6.07) is 3.99. The Kier molecular flexibility index (Phi) is 4.08. The van der Waals surface area contributed by atoms with Crippen molar-refractivity contribution in [2.75, 3.05) is 4.90 Å². The lowest BCUT2D eigenvalue weighted by Crippen LogP contribution is -2.25. The average Bonchev–Trinajstić information content (AvgIpc) is 2.95. The van der Waals surface area contributed by atoms with E-state index in [0.717, 1.165) is 24.8 Å². The lowest BCUT2D eigenvalue weighted by Gasteiger charge is -2.19. The van der Waals surface area contributed by atoms with E-state index in [1.807, 2.05) is 0 Å². The van der Waals surface area contributed by atoms with Gasteiger partial charge in [-0.15, -0.1) is 0 Å². The fourth-order valence-electron chi connectivity index (χ4n) is 2.14. The average molecular weight is 291 g/mol. The smallest absolute Gasteiger partial charge is 0.298 e. The molecular weight excluding hydrogens is 270 g/mol. The molecule has 1 N–H and O–H groups in total. The topological polar surface area (TPSA) is 41.3 Å². The second-order valence-electron chi connectivity index (χ2n) is 5.65. The van der Waals surface area contributed by atoms with Crippen LogP contribution in [0, 0.1) is 0 Å². The third-order valence-corrected chi connectivity index (χ3v) is 4.13. The highest BCUT2D eigenvalue weighted by Crippen LogP contribution is 2.32. The predicted octanol–water partition coefficient (Wildman–Crippen LogP) is 3.40. The molecule has 3 rings (SSSR count). The number of aromatic nitrogens is 1. The third kappa shape index (κ3) is 3.41. The van der Waals surface area contributed by atoms with E-state index >= 15 is 0 Å². The van der Waals surface area contributed by atoms with Gasteiger partial charge in [0.2, 0.25) is 0 Å². The minimum atomic E-state index is 0.459. The molecule has 5 heteroatoms. The van der Waals surface area contributed by atoms with Crippen LogP contribution in [0.15, 0.2) is 27.5 Å². The standard InChI is InChI=1S/C15H21N3OS/c1-11(2)16-7-13-9-19-15(17-13)18(14-3-4-14)8-12-5-6-20-10-12/h5-6,9-11,14,16H,3-4,7-8H2,1-2H3. The van der Waals surface area contributed by atoms with Crippen LogP contribution in [0.3, 0.4) is 0 Å². The Bertz CT molecular complexity index is 531. The fourth-order valence-corrected chi connectivity index (χ4v) is 2.80. The molecule has 0 amide bonds. The molecule has 0 radical (unpaired) electrons. The Morgan fingerprint density at radius 3 is 3.00 bits per heavy atom. The van der Waals surface area contributed by atoms with E-state index in [4.69, 9.17) is 4.42 Å². The van der Waals surface area contributed by atoms with Crippen LogP contribution in [-0.2, 0) is 13.1 Å². The zero-order valence-electron chi connectivity index (χ0n) is 12.0. The van der Waals surface area contributed by atoms with Gasteiger partial charge in [0.15, 0.2) is 0 Å². The Hall–Kier alpha value is -1.33. The van der Waals surface area contributed by atoms with Crippen LogP contribution in [0.1, 0.15) is 37.9 Å². The number of thiophene rings is 1. The number of rotatable bonds is 7. The zero-order valence-corrected chi connectivity index (χ0v) is 12.8. The summed E-state index contributed by atoms with van der Waals surface area (Å²) in [6.45, 7) is 5.92. The molecular formula is C15H21N3OS. The number of hydrogen-bond acceptors (Lipinski definition) is 5. The summed E-state index contributed by atoms with van der Waals surface area (Å²) in [4.78, 5) is 6.92. The highest BCUT2D eigenvalue weighted by atomic mass is 32.1. The van der Waals surface area contributed by atoms with Gasteiger partial charge in [0.1, 0.15) is 6.26 Å². The van der Waals surface area contributed by atoms with Crippen molar-refractivity contribution in [3.8, 4) is 0 Å². The summed E-state index contributed by atoms with van der Waals surface area (Å²) in [5.41, 5.74) is 2.31. The number of anilines is 1. The van der Waals surface area contributed by atoms with Gasteiger partial charge in [0, 0.05) is 25.2 Å². The van der Waals surface area contributed by atoms with Crippen LogP contribution in [0.4, 0.5) is 6.01 Å². The van der Waals surface area contributed by atoms with E-state index in [1.54, 1.807) is 17.6 Å². The van der Waals surface area contributed by atoms with Crippen molar-refractivity contribution in [2.45, 2.75) is 51.9 Å². The van der Waals surface area contributed by atoms with Crippen molar-refractivity contribution in [1.29, 1.82) is 0 Å². The Labute approximate surface area is 123 Å². The summed E-state index contributed by atoms with van der Waals surface area (Å²) < 4.78 is 5.69. The fraction of sp³-hybridized carbons (Fsp3) is 0.533. The first kappa shape index (κ1) is 13.6. The van der Waals surface area contributed by atoms with E-state index in [9.17, 15) is 0 Å². The molecule has 0 saturated heterocycles. The quantitative estimate of drug-likeness (QED) is 0.849. The molecule has 0 unspecified atom stereocenters. The molecule has 0 aromatic carbocycles. The molecule has 20 heavy (non-hydrogen) atoms. The molecule has 4 nitrogen and oxygen atoms in total. The van der Waals surface area contributed by atoms with Crippen molar-refractivity contribution in [2.24, 2.45) is 0 Å². The second kappa shape index (κ2) is 5.97. The first-order valence-corrected chi connectivity index (χ1v) is 8.12. The number of nitrogens with zero attached hydrogens (tertiary/aromatic N) is 2. The number of nitrogens with one attached hydrogen (secondary N) is 1. The van der Waals surface area contributed by atoms with Gasteiger partial charge in [-0.2, -0.15) is 16.3 Å². The van der Waals surface area contributed by atoms with Gasteiger partial charge in [0.05, 0.1) is 5.69 Å². The normalized spacial score (nSPS) is 14.9. The van der Waals surface area contributed by atoms with E-state index in [0.29, 0.717) is 12.1 Å². The molecule has 108 valence electrons. The molecule has 1 saturated carbocycles. The minimum absolute atomic E-state index is 0.459. The van der Waals surface area contributed by atoms with Crippen molar-refractivity contribution < 1.29 is 4.42 Å². The van der Waals surface area contributed by atoms with Crippen molar-refractivity contribution >= 4 is 17.4 Å². The molecule has 2 aromatic rings. The minimum Gasteiger partial charge on any atom is -0.432 e. The first-order valence-electron chi connectivity index (χ1n) is 7.18. The summed E-state index contributed by atoms with van der Waals surface area (Å²) in [7, 11) is 0. The lowest BCUT2D eigenvalue weighted by molar-refractivity contribution is 0.526. The molecule has 2 aromatic heterocycles. The number of oxazole rings is 1. The van der Waals surface area contributed by atoms with Gasteiger partial charge in [-0.1, -0.05) is 13.8 Å². The van der Waals surface area contributed by atoms with Crippen molar-refractivity contribution in [3.05, 3.63) is 34.3 Å². The first-order chi connectivity index (χ1) is 9.72. The lowest BCUT2D eigenvalue weighted by atomic mass is 10.3. The monoisotopic (exact) mass is 291 g/mol. The van der Waals surface area contributed by atoms with Gasteiger partial charge in [-0.3, -0.25) is 0 Å². The van der Waals surface area contributed by atoms with E-state index < -0.39 is 0 Å². The molecule has 0 spiro atoms. The Morgan fingerprint density at radius 1 is 1.50 bits per heavy atom. The van der Waals surface area contributed by atoms with Crippen LogP contribution in [-0.4, -0.2) is 17.1 Å². The predicted molar refractivity (Wildman–Crippen MR) is 82.0 cm³/mol. The summed E-state index contributed by atoms with van der Waals surface area (Å²) in [6.07, 6.45) is 4.26. The molecule has 0 aliphatic heterocycles. The Balaban J connectivity index is 1.68. The maximum atomic E-state index is 5.69. The Morgan fingerprint density at radius 2 is 2.35 bits per heavy atom. The summed E-state index contributed by atoms with van der Waals surface area (Å²) in [5, 5.41) is 7.68. The second-order valence-corrected chi connectivity index (χ2v) is 6.43. The van der Waals surface area contributed by atoms with Gasteiger partial charge in [-0.05, 0) is 35.2 Å². The van der Waals surface area contributed by atoms with Crippen molar-refractivity contribution in [3.63, 3.8) is 0 Å². The van der Waals surface area contributed by atoms with Crippen molar-refractivity contribution in [1.82, 2.24) is 10.3 Å². The molecule has 1 fully saturated rings. The molecule has 2 heterocycles. The van der Waals surface area contributed by atoms with Gasteiger partial charge >= 0.3 is 0 Å². The van der Waals surface area contributed by atoms with Crippen LogP contribution >= 0.6 is 11.3 Å². The highest BCUT2D eigenvalue weighted by Gasteiger charge is 2.32. The summed E-state index contributed by atoms with van der Waals surface area (Å²) >= 11 is 1.74. The SMILES string of the molecule is CC(C)NCc1coc(N(Cc2ccsc2)C2CC2)n1. The van der Waals surface area contributed by atoms with Crippen LogP contribution in [0.25, 0.3) is 0 Å². The maximum absolute atomic E-state index is 5.69. The van der Waals surface area contributed by atoms with Gasteiger partial charge in [0.25, 0.3) is 6.01 Å². The van der Waals surface area contributed by atoms with E-state index in [-0.39, 0.29) is 0 Å². The molecule has 0 atom stereocenters.